The molecule has 0 aliphatic heterocycles. The highest BCUT2D eigenvalue weighted by Crippen LogP contribution is 2.26. The number of ketones is 1. The predicted molar refractivity (Wildman–Crippen MR) is 91.4 cm³/mol. The number of hydrogen-bond acceptors (Lipinski definition) is 5. The van der Waals surface area contributed by atoms with E-state index in [4.69, 9.17) is 11.6 Å². The lowest BCUT2D eigenvalue weighted by Gasteiger charge is -2.10. The van der Waals surface area contributed by atoms with Crippen molar-refractivity contribution in [2.24, 2.45) is 0 Å². The van der Waals surface area contributed by atoms with Gasteiger partial charge in [-0.15, -0.1) is 10.2 Å². The van der Waals surface area contributed by atoms with E-state index in [1.807, 2.05) is 31.2 Å². The van der Waals surface area contributed by atoms with Crippen LogP contribution in [0.15, 0.2) is 35.5 Å². The first-order valence-electron chi connectivity index (χ1n) is 7.11. The number of fused-ring (bicyclic) bond motifs is 1. The van der Waals surface area contributed by atoms with Crippen LogP contribution in [0.3, 0.4) is 0 Å². The molecule has 5 nitrogen and oxygen atoms in total. The lowest BCUT2D eigenvalue weighted by atomic mass is 10.1. The average molecular weight is 347 g/mol. The molecular weight excluding hydrogens is 332 g/mol. The Bertz CT molecular complexity index is 876. The van der Waals surface area contributed by atoms with Gasteiger partial charge in [-0.05, 0) is 45.0 Å². The summed E-state index contributed by atoms with van der Waals surface area (Å²) in [5.41, 5.74) is 2.27. The molecule has 23 heavy (non-hydrogen) atoms. The molecule has 3 aromatic rings. The van der Waals surface area contributed by atoms with Gasteiger partial charge in [0.25, 0.3) is 0 Å². The fourth-order valence-electron chi connectivity index (χ4n) is 2.34. The summed E-state index contributed by atoms with van der Waals surface area (Å²) in [5.74, 6) is 0.833. The number of hydrogen-bond donors (Lipinski definition) is 0. The van der Waals surface area contributed by atoms with Crippen molar-refractivity contribution in [2.75, 3.05) is 0 Å². The second kappa shape index (κ2) is 6.29. The number of halogens is 1. The minimum Gasteiger partial charge on any atom is -0.293 e. The maximum Gasteiger partial charge on any atom is 0.197 e. The van der Waals surface area contributed by atoms with Crippen LogP contribution in [0.25, 0.3) is 5.65 Å². The van der Waals surface area contributed by atoms with Crippen LogP contribution >= 0.6 is 23.4 Å². The highest BCUT2D eigenvalue weighted by Gasteiger charge is 2.20. The van der Waals surface area contributed by atoms with Gasteiger partial charge in [0, 0.05) is 22.3 Å². The topological polar surface area (TPSA) is 60.2 Å². The van der Waals surface area contributed by atoms with Crippen LogP contribution in [0, 0.1) is 13.8 Å². The quantitative estimate of drug-likeness (QED) is 0.531. The Kier molecular flexibility index (Phi) is 4.37. The fraction of sp³-hybridized carbons (Fsp3) is 0.250. The molecule has 0 saturated carbocycles. The van der Waals surface area contributed by atoms with Crippen molar-refractivity contribution in [1.29, 1.82) is 0 Å². The van der Waals surface area contributed by atoms with Gasteiger partial charge >= 0.3 is 0 Å². The lowest BCUT2D eigenvalue weighted by Crippen LogP contribution is -2.14. The summed E-state index contributed by atoms with van der Waals surface area (Å²) < 4.78 is 1.86. The lowest BCUT2D eigenvalue weighted by molar-refractivity contribution is 0.0994. The molecule has 118 valence electrons. The van der Waals surface area contributed by atoms with Crippen LogP contribution in [-0.4, -0.2) is 30.6 Å². The molecular formula is C16H15ClN4OS. The molecule has 1 atom stereocenters. The number of carbonyl (C=O) groups is 1. The van der Waals surface area contributed by atoms with Gasteiger partial charge in [-0.2, -0.15) is 0 Å². The van der Waals surface area contributed by atoms with Crippen molar-refractivity contribution in [2.45, 2.75) is 31.2 Å². The van der Waals surface area contributed by atoms with Crippen molar-refractivity contribution in [3.63, 3.8) is 0 Å². The van der Waals surface area contributed by atoms with Crippen molar-refractivity contribution in [3.05, 3.63) is 52.4 Å². The molecule has 1 unspecified atom stereocenters. The van der Waals surface area contributed by atoms with Crippen molar-refractivity contribution < 1.29 is 4.79 Å². The second-order valence-electron chi connectivity index (χ2n) is 5.25. The van der Waals surface area contributed by atoms with E-state index in [1.54, 1.807) is 24.3 Å². The Morgan fingerprint density at radius 3 is 2.61 bits per heavy atom. The highest BCUT2D eigenvalue weighted by atomic mass is 35.5. The molecule has 0 aliphatic carbocycles. The number of aryl methyl sites for hydroxylation is 2. The zero-order valence-corrected chi connectivity index (χ0v) is 14.5. The molecule has 0 amide bonds. The van der Waals surface area contributed by atoms with E-state index in [2.05, 4.69) is 15.2 Å². The van der Waals surface area contributed by atoms with E-state index in [9.17, 15) is 4.79 Å². The average Bonchev–Trinajstić information content (AvgIpc) is 2.90. The van der Waals surface area contributed by atoms with Gasteiger partial charge < -0.3 is 0 Å². The maximum atomic E-state index is 12.5. The molecule has 0 radical (unpaired) electrons. The molecule has 0 spiro atoms. The van der Waals surface area contributed by atoms with Gasteiger partial charge in [-0.25, -0.2) is 4.98 Å². The van der Waals surface area contributed by atoms with Crippen LogP contribution in [0.5, 0.6) is 0 Å². The number of aromatic nitrogens is 4. The van der Waals surface area contributed by atoms with Gasteiger partial charge in [0.05, 0.1) is 5.25 Å². The summed E-state index contributed by atoms with van der Waals surface area (Å²) in [4.78, 5) is 16.9. The highest BCUT2D eigenvalue weighted by molar-refractivity contribution is 8.00. The summed E-state index contributed by atoms with van der Waals surface area (Å²) in [7, 11) is 0. The monoisotopic (exact) mass is 346 g/mol. The zero-order chi connectivity index (χ0) is 16.6. The molecule has 7 heteroatoms. The fourth-order valence-corrected chi connectivity index (χ4v) is 3.44. The minimum atomic E-state index is -0.288. The van der Waals surface area contributed by atoms with Gasteiger partial charge in [0.15, 0.2) is 16.6 Å². The van der Waals surface area contributed by atoms with E-state index in [0.717, 1.165) is 17.2 Å². The minimum absolute atomic E-state index is 0.0288. The molecule has 2 heterocycles. The van der Waals surface area contributed by atoms with Gasteiger partial charge in [-0.1, -0.05) is 23.4 Å². The van der Waals surface area contributed by atoms with Crippen LogP contribution in [0.4, 0.5) is 0 Å². The van der Waals surface area contributed by atoms with Crippen LogP contribution in [0.2, 0.25) is 5.02 Å². The SMILES string of the molecule is Cc1cc2nnc(SC(C)C(=O)c3ccc(Cl)cc3)n2c(C)n1. The maximum absolute atomic E-state index is 12.5. The number of rotatable bonds is 4. The molecule has 1 aromatic carbocycles. The molecule has 0 fully saturated rings. The molecule has 0 N–H and O–H groups in total. The third-order valence-electron chi connectivity index (χ3n) is 3.44. The molecule has 3 rings (SSSR count). The van der Waals surface area contributed by atoms with E-state index < -0.39 is 0 Å². The van der Waals surface area contributed by atoms with Crippen molar-refractivity contribution in [3.8, 4) is 0 Å². The van der Waals surface area contributed by atoms with Crippen LogP contribution < -0.4 is 0 Å². The first kappa shape index (κ1) is 16.0. The second-order valence-corrected chi connectivity index (χ2v) is 7.00. The molecule has 2 aromatic heterocycles. The first-order valence-corrected chi connectivity index (χ1v) is 8.37. The van der Waals surface area contributed by atoms with Gasteiger partial charge in [0.1, 0.15) is 5.82 Å². The van der Waals surface area contributed by atoms with Crippen LogP contribution in [-0.2, 0) is 0 Å². The van der Waals surface area contributed by atoms with Crippen molar-refractivity contribution in [1.82, 2.24) is 19.6 Å². The van der Waals surface area contributed by atoms with Gasteiger partial charge in [0.2, 0.25) is 0 Å². The molecule has 0 bridgehead atoms. The number of Topliss-reactive ketones (excluding diaryl/α,β-unsaturated/α-hetero) is 1. The van der Waals surface area contributed by atoms with Crippen molar-refractivity contribution >= 4 is 34.8 Å². The summed E-state index contributed by atoms with van der Waals surface area (Å²) >= 11 is 7.24. The third kappa shape index (κ3) is 3.23. The number of nitrogens with zero attached hydrogens (tertiary/aromatic N) is 4. The van der Waals surface area contributed by atoms with E-state index in [0.29, 0.717) is 15.7 Å². The Morgan fingerprint density at radius 2 is 1.91 bits per heavy atom. The Morgan fingerprint density at radius 1 is 1.22 bits per heavy atom. The number of thioether (sulfide) groups is 1. The summed E-state index contributed by atoms with van der Waals surface area (Å²) in [6, 6.07) is 8.78. The van der Waals surface area contributed by atoms with E-state index >= 15 is 0 Å². The first-order chi connectivity index (χ1) is 11.0. The smallest absolute Gasteiger partial charge is 0.197 e. The third-order valence-corrected chi connectivity index (χ3v) is 4.73. The number of carbonyl (C=O) groups excluding carboxylic acids is 1. The molecule has 0 saturated heterocycles. The number of benzene rings is 1. The normalized spacial score (nSPS) is 12.5. The van der Waals surface area contributed by atoms with E-state index in [-0.39, 0.29) is 11.0 Å². The predicted octanol–water partition coefficient (Wildman–Crippen LogP) is 3.76. The summed E-state index contributed by atoms with van der Waals surface area (Å²) in [6.45, 7) is 5.68. The summed E-state index contributed by atoms with van der Waals surface area (Å²) in [5, 5.41) is 9.34. The van der Waals surface area contributed by atoms with E-state index in [1.165, 1.54) is 11.8 Å². The Balaban J connectivity index is 1.87. The molecule has 0 aliphatic rings. The largest absolute Gasteiger partial charge is 0.293 e. The van der Waals surface area contributed by atoms with Crippen LogP contribution in [0.1, 0.15) is 28.8 Å². The summed E-state index contributed by atoms with van der Waals surface area (Å²) in [6.07, 6.45) is 0. The Labute approximate surface area is 143 Å². The zero-order valence-electron chi connectivity index (χ0n) is 12.9. The van der Waals surface area contributed by atoms with Gasteiger partial charge in [-0.3, -0.25) is 9.20 Å². The Hall–Kier alpha value is -1.92. The standard InChI is InChI=1S/C16H15ClN4OS/c1-9-8-14-19-20-16(21(14)11(3)18-9)23-10(2)15(22)12-4-6-13(17)7-5-12/h4-8,10H,1-3H3.